The topological polar surface area (TPSA) is 127 Å². The number of amides is 3. The fourth-order valence-corrected chi connectivity index (χ4v) is 3.20. The Morgan fingerprint density at radius 2 is 1.44 bits per heavy atom. The molecule has 0 aliphatic carbocycles. The summed E-state index contributed by atoms with van der Waals surface area (Å²) in [7, 11) is 4.43. The van der Waals surface area contributed by atoms with E-state index in [2.05, 4.69) is 21.2 Å². The highest BCUT2D eigenvalue weighted by atomic mass is 16.5. The number of methoxy groups -OCH3 is 3. The third kappa shape index (κ3) is 6.38. The molecule has 0 heterocycles. The van der Waals surface area contributed by atoms with Crippen LogP contribution in [0.15, 0.2) is 65.8 Å². The van der Waals surface area contributed by atoms with E-state index in [1.54, 1.807) is 42.5 Å². The summed E-state index contributed by atoms with van der Waals surface area (Å²) in [6.07, 6.45) is 1.32. The lowest BCUT2D eigenvalue weighted by Gasteiger charge is -2.12. The number of hydrazone groups is 1. The smallest absolute Gasteiger partial charge is 0.329 e. The van der Waals surface area contributed by atoms with Gasteiger partial charge < -0.3 is 24.8 Å². The van der Waals surface area contributed by atoms with Crippen LogP contribution in [-0.2, 0) is 9.59 Å². The van der Waals surface area contributed by atoms with Gasteiger partial charge in [0.05, 0.1) is 38.8 Å². The predicted octanol–water partition coefficient (Wildman–Crippen LogP) is 3.36. The minimum Gasteiger partial charge on any atom is -0.493 e. The van der Waals surface area contributed by atoms with Gasteiger partial charge in [0.2, 0.25) is 5.75 Å². The van der Waals surface area contributed by atoms with Crippen LogP contribution in [0.2, 0.25) is 0 Å². The highest BCUT2D eigenvalue weighted by Gasteiger charge is 2.18. The Kier molecular flexibility index (Phi) is 8.60. The lowest BCUT2D eigenvalue weighted by molar-refractivity contribution is -0.136. The molecule has 3 amide bonds. The Morgan fingerprint density at radius 3 is 2.06 bits per heavy atom. The molecule has 3 aromatic rings. The molecule has 186 valence electrons. The molecule has 0 saturated carbocycles. The molecule has 0 spiro atoms. The molecule has 36 heavy (non-hydrogen) atoms. The predicted molar refractivity (Wildman–Crippen MR) is 136 cm³/mol. The van der Waals surface area contributed by atoms with Crippen molar-refractivity contribution in [3.05, 3.63) is 77.4 Å². The molecule has 0 unspecified atom stereocenters. The molecule has 0 atom stereocenters. The Labute approximate surface area is 208 Å². The lowest BCUT2D eigenvalue weighted by atomic mass is 10.1. The summed E-state index contributed by atoms with van der Waals surface area (Å²) >= 11 is 0. The number of ether oxygens (including phenoxy) is 3. The van der Waals surface area contributed by atoms with Gasteiger partial charge in [-0.25, -0.2) is 5.43 Å². The molecule has 10 nitrogen and oxygen atoms in total. The van der Waals surface area contributed by atoms with Crippen LogP contribution in [0.4, 0.5) is 11.4 Å². The van der Waals surface area contributed by atoms with Gasteiger partial charge in [-0.2, -0.15) is 5.10 Å². The fraction of sp³-hybridized carbons (Fsp3) is 0.154. The number of para-hydroxylation sites is 1. The zero-order valence-electron chi connectivity index (χ0n) is 20.2. The van der Waals surface area contributed by atoms with Gasteiger partial charge in [-0.05, 0) is 43.3 Å². The normalized spacial score (nSPS) is 10.4. The summed E-state index contributed by atoms with van der Waals surface area (Å²) in [6, 6.07) is 16.9. The van der Waals surface area contributed by atoms with Crippen molar-refractivity contribution in [2.75, 3.05) is 32.0 Å². The Balaban J connectivity index is 1.66. The first-order chi connectivity index (χ1) is 17.4. The number of hydrogen-bond donors (Lipinski definition) is 3. The van der Waals surface area contributed by atoms with Crippen LogP contribution in [0.3, 0.4) is 0 Å². The van der Waals surface area contributed by atoms with E-state index in [1.807, 2.05) is 19.1 Å². The summed E-state index contributed by atoms with van der Waals surface area (Å²) in [5.74, 6) is -1.23. The van der Waals surface area contributed by atoms with Gasteiger partial charge in [-0.3, -0.25) is 14.4 Å². The van der Waals surface area contributed by atoms with Crippen molar-refractivity contribution >= 4 is 35.3 Å². The van der Waals surface area contributed by atoms with Crippen molar-refractivity contribution < 1.29 is 28.6 Å². The maximum Gasteiger partial charge on any atom is 0.329 e. The van der Waals surface area contributed by atoms with Crippen LogP contribution in [0.1, 0.15) is 21.5 Å². The van der Waals surface area contributed by atoms with E-state index in [4.69, 9.17) is 14.2 Å². The maximum atomic E-state index is 12.7. The molecule has 10 heteroatoms. The Hall–Kier alpha value is -4.86. The highest BCUT2D eigenvalue weighted by molar-refractivity contribution is 6.40. The van der Waals surface area contributed by atoms with Crippen LogP contribution in [-0.4, -0.2) is 45.3 Å². The minimum atomic E-state index is -1.02. The van der Waals surface area contributed by atoms with Crippen molar-refractivity contribution in [3.8, 4) is 17.2 Å². The van der Waals surface area contributed by atoms with Gasteiger partial charge in [0, 0.05) is 11.3 Å². The average molecular weight is 491 g/mol. The number of benzene rings is 3. The van der Waals surface area contributed by atoms with Crippen molar-refractivity contribution in [2.24, 2.45) is 5.10 Å². The van der Waals surface area contributed by atoms with E-state index in [-0.39, 0.29) is 11.3 Å². The standard InChI is InChI=1S/C26H26N4O6/c1-16-9-11-18(12-10-16)28-24(31)19-7-5-6-8-20(19)29-25(32)26(33)30-27-15-17-13-21(34-2)23(36-4)22(14-17)35-3/h5-15H,1-4H3,(H,28,31)(H,29,32)(H,30,33). The van der Waals surface area contributed by atoms with Gasteiger partial charge in [0.25, 0.3) is 5.91 Å². The second-order valence-electron chi connectivity index (χ2n) is 7.48. The van der Waals surface area contributed by atoms with Crippen LogP contribution in [0.5, 0.6) is 17.2 Å². The molecule has 0 bridgehead atoms. The number of anilines is 2. The van der Waals surface area contributed by atoms with E-state index in [1.165, 1.54) is 33.6 Å². The summed E-state index contributed by atoms with van der Waals surface area (Å²) in [4.78, 5) is 37.4. The molecular formula is C26H26N4O6. The van der Waals surface area contributed by atoms with Crippen LogP contribution in [0.25, 0.3) is 0 Å². The first-order valence-electron chi connectivity index (χ1n) is 10.8. The molecule has 0 fully saturated rings. The summed E-state index contributed by atoms with van der Waals surface area (Å²) < 4.78 is 15.8. The highest BCUT2D eigenvalue weighted by Crippen LogP contribution is 2.37. The lowest BCUT2D eigenvalue weighted by Crippen LogP contribution is -2.33. The monoisotopic (exact) mass is 490 g/mol. The molecule has 0 aliphatic heterocycles. The third-order valence-electron chi connectivity index (χ3n) is 5.00. The molecule has 0 aliphatic rings. The minimum absolute atomic E-state index is 0.177. The van der Waals surface area contributed by atoms with E-state index in [9.17, 15) is 14.4 Å². The van der Waals surface area contributed by atoms with E-state index in [0.29, 0.717) is 28.5 Å². The van der Waals surface area contributed by atoms with Crippen LogP contribution in [0, 0.1) is 6.92 Å². The molecule has 0 aromatic heterocycles. The average Bonchev–Trinajstić information content (AvgIpc) is 2.89. The Morgan fingerprint density at radius 1 is 0.806 bits per heavy atom. The number of nitrogens with one attached hydrogen (secondary N) is 3. The molecule has 3 N–H and O–H groups in total. The number of carbonyl (C=O) groups excluding carboxylic acids is 3. The third-order valence-corrected chi connectivity index (χ3v) is 5.00. The van der Waals surface area contributed by atoms with Crippen molar-refractivity contribution in [1.29, 1.82) is 0 Å². The largest absolute Gasteiger partial charge is 0.493 e. The number of hydrogen-bond acceptors (Lipinski definition) is 7. The first kappa shape index (κ1) is 25.8. The van der Waals surface area contributed by atoms with Gasteiger partial charge in [0.1, 0.15) is 0 Å². The zero-order chi connectivity index (χ0) is 26.1. The molecule has 3 aromatic carbocycles. The van der Waals surface area contributed by atoms with Crippen molar-refractivity contribution in [3.63, 3.8) is 0 Å². The molecule has 0 radical (unpaired) electrons. The van der Waals surface area contributed by atoms with E-state index in [0.717, 1.165) is 5.56 Å². The second-order valence-corrected chi connectivity index (χ2v) is 7.48. The SMILES string of the molecule is COc1cc(C=NNC(=O)C(=O)Nc2ccccc2C(=O)Nc2ccc(C)cc2)cc(OC)c1OC. The number of rotatable bonds is 8. The summed E-state index contributed by atoms with van der Waals surface area (Å²) in [6.45, 7) is 1.94. The van der Waals surface area contributed by atoms with Gasteiger partial charge in [-0.15, -0.1) is 0 Å². The van der Waals surface area contributed by atoms with Crippen LogP contribution < -0.4 is 30.3 Å². The number of aryl methyl sites for hydroxylation is 1. The molecule has 3 rings (SSSR count). The van der Waals surface area contributed by atoms with Crippen LogP contribution >= 0.6 is 0 Å². The molecule has 0 saturated heterocycles. The maximum absolute atomic E-state index is 12.7. The van der Waals surface area contributed by atoms with Gasteiger partial charge in [-0.1, -0.05) is 29.8 Å². The first-order valence-corrected chi connectivity index (χ1v) is 10.8. The summed E-state index contributed by atoms with van der Waals surface area (Å²) in [5, 5.41) is 9.02. The molecular weight excluding hydrogens is 464 g/mol. The fourth-order valence-electron chi connectivity index (χ4n) is 3.20. The van der Waals surface area contributed by atoms with Crippen molar-refractivity contribution in [2.45, 2.75) is 6.92 Å². The quantitative estimate of drug-likeness (QED) is 0.252. The zero-order valence-corrected chi connectivity index (χ0v) is 20.2. The number of nitrogens with zero attached hydrogens (tertiary/aromatic N) is 1. The summed E-state index contributed by atoms with van der Waals surface area (Å²) in [5.41, 5.74) is 4.71. The van der Waals surface area contributed by atoms with Crippen molar-refractivity contribution in [1.82, 2.24) is 5.43 Å². The second kappa shape index (κ2) is 12.0. The van der Waals surface area contributed by atoms with Gasteiger partial charge in [0.15, 0.2) is 11.5 Å². The number of carbonyl (C=O) groups is 3. The van der Waals surface area contributed by atoms with E-state index < -0.39 is 17.7 Å². The van der Waals surface area contributed by atoms with Gasteiger partial charge >= 0.3 is 11.8 Å². The van der Waals surface area contributed by atoms with E-state index >= 15 is 0 Å². The Bertz CT molecular complexity index is 1260.